The van der Waals surface area contributed by atoms with Gasteiger partial charge in [-0.2, -0.15) is 0 Å². The summed E-state index contributed by atoms with van der Waals surface area (Å²) in [5.74, 6) is -0.504. The van der Waals surface area contributed by atoms with E-state index in [9.17, 15) is 24.0 Å². The standard InChI is InChI=1S/C34H45N5O7/c1-22(2)19-23-13-11-14-24-20-25(39(29(23)24)33(44)46-34(3,4)5)21-38-18-12-16-27(31(38)42)35-30(41)26(36-32(43)45-8)15-9-10-17-28(40)37(6)7/h10-14,16-18,20,22,26H,9,15,19,21H2,1-8H3,(H,35,41)(H,36,43)/b17-10+/t26-/m0/s1. The van der Waals surface area contributed by atoms with Crippen molar-refractivity contribution in [2.45, 2.75) is 72.1 Å². The molecule has 0 saturated heterocycles. The molecule has 2 N–H and O–H groups in total. The number of benzene rings is 1. The Morgan fingerprint density at radius 2 is 1.78 bits per heavy atom. The molecular formula is C34H45N5O7. The van der Waals surface area contributed by atoms with Crippen molar-refractivity contribution in [3.63, 3.8) is 0 Å². The number of alkyl carbamates (subject to hydrolysis) is 1. The third-order valence-electron chi connectivity index (χ3n) is 6.92. The number of para-hydroxylation sites is 1. The molecular weight excluding hydrogens is 590 g/mol. The Morgan fingerprint density at radius 1 is 1.07 bits per heavy atom. The molecule has 3 aromatic rings. The van der Waals surface area contributed by atoms with E-state index in [0.717, 1.165) is 22.9 Å². The maximum atomic E-state index is 13.6. The van der Waals surface area contributed by atoms with Gasteiger partial charge in [-0.15, -0.1) is 0 Å². The number of hydrogen-bond donors (Lipinski definition) is 2. The quantitative estimate of drug-likeness (QED) is 0.285. The summed E-state index contributed by atoms with van der Waals surface area (Å²) in [7, 11) is 4.42. The number of methoxy groups -OCH3 is 1. The van der Waals surface area contributed by atoms with Crippen molar-refractivity contribution in [1.29, 1.82) is 0 Å². The Bertz CT molecular complexity index is 1660. The van der Waals surface area contributed by atoms with Crippen LogP contribution >= 0.6 is 0 Å². The molecule has 2 heterocycles. The minimum Gasteiger partial charge on any atom is -0.453 e. The van der Waals surface area contributed by atoms with Crippen LogP contribution in [-0.4, -0.2) is 70.9 Å². The third kappa shape index (κ3) is 9.56. The minimum absolute atomic E-state index is 0.0112. The number of carbonyl (C=O) groups excluding carboxylic acids is 4. The van der Waals surface area contributed by atoms with Crippen molar-refractivity contribution >= 4 is 40.6 Å². The summed E-state index contributed by atoms with van der Waals surface area (Å²) < 4.78 is 13.4. The van der Waals surface area contributed by atoms with Crippen LogP contribution in [0.1, 0.15) is 58.7 Å². The van der Waals surface area contributed by atoms with Crippen LogP contribution < -0.4 is 16.2 Å². The van der Waals surface area contributed by atoms with E-state index >= 15 is 0 Å². The normalized spacial score (nSPS) is 12.3. The first-order valence-corrected chi connectivity index (χ1v) is 15.2. The highest BCUT2D eigenvalue weighted by molar-refractivity contribution is 5.96. The lowest BCUT2D eigenvalue weighted by atomic mass is 10.0. The zero-order valence-electron chi connectivity index (χ0n) is 27.9. The molecule has 0 unspecified atom stereocenters. The van der Waals surface area contributed by atoms with Crippen molar-refractivity contribution in [2.75, 3.05) is 26.5 Å². The maximum Gasteiger partial charge on any atom is 0.419 e. The first-order valence-electron chi connectivity index (χ1n) is 15.2. The lowest BCUT2D eigenvalue weighted by Crippen LogP contribution is -2.44. The number of fused-ring (bicyclic) bond motifs is 1. The van der Waals surface area contributed by atoms with Crippen molar-refractivity contribution in [3.8, 4) is 0 Å². The van der Waals surface area contributed by atoms with E-state index < -0.39 is 35.3 Å². The number of nitrogens with one attached hydrogen (secondary N) is 2. The summed E-state index contributed by atoms with van der Waals surface area (Å²) in [6.07, 6.45) is 4.38. The largest absolute Gasteiger partial charge is 0.453 e. The highest BCUT2D eigenvalue weighted by atomic mass is 16.6. The van der Waals surface area contributed by atoms with Crippen LogP contribution in [0.2, 0.25) is 0 Å². The van der Waals surface area contributed by atoms with E-state index in [1.54, 1.807) is 53.2 Å². The molecule has 12 nitrogen and oxygen atoms in total. The van der Waals surface area contributed by atoms with Crippen LogP contribution in [0, 0.1) is 5.92 Å². The zero-order valence-corrected chi connectivity index (χ0v) is 27.9. The SMILES string of the molecule is COC(=O)N[C@@H](CC/C=C/C(=O)N(C)C)C(=O)Nc1cccn(Cc2cc3cccc(CC(C)C)c3n2C(=O)OC(C)(C)C)c1=O. The van der Waals surface area contributed by atoms with Gasteiger partial charge in [0.05, 0.1) is 24.9 Å². The molecule has 3 amide bonds. The fourth-order valence-corrected chi connectivity index (χ4v) is 4.84. The number of anilines is 1. The van der Waals surface area contributed by atoms with E-state index in [1.807, 2.05) is 24.3 Å². The van der Waals surface area contributed by atoms with Crippen LogP contribution in [0.5, 0.6) is 0 Å². The zero-order chi connectivity index (χ0) is 34.2. The fraction of sp³-hybridized carbons (Fsp3) is 0.441. The molecule has 0 aliphatic carbocycles. The molecule has 248 valence electrons. The van der Waals surface area contributed by atoms with Crippen LogP contribution in [0.15, 0.2) is 59.5 Å². The molecule has 0 radical (unpaired) electrons. The Hall–Kier alpha value is -4.87. The summed E-state index contributed by atoms with van der Waals surface area (Å²) in [6.45, 7) is 9.62. The van der Waals surface area contributed by atoms with Crippen LogP contribution in [0.25, 0.3) is 10.9 Å². The predicted molar refractivity (Wildman–Crippen MR) is 177 cm³/mol. The number of likely N-dealkylation sites (N-methyl/N-ethyl adjacent to an activating group) is 1. The second kappa shape index (κ2) is 15.4. The van der Waals surface area contributed by atoms with Gasteiger partial charge in [0.15, 0.2) is 0 Å². The first-order chi connectivity index (χ1) is 21.6. The second-order valence-electron chi connectivity index (χ2n) is 12.6. The highest BCUT2D eigenvalue weighted by Crippen LogP contribution is 2.27. The predicted octanol–water partition coefficient (Wildman–Crippen LogP) is 4.92. The average Bonchev–Trinajstić information content (AvgIpc) is 3.34. The van der Waals surface area contributed by atoms with Gasteiger partial charge < -0.3 is 29.6 Å². The molecule has 0 aliphatic rings. The lowest BCUT2D eigenvalue weighted by molar-refractivity contribution is -0.123. The Morgan fingerprint density at radius 3 is 2.41 bits per heavy atom. The van der Waals surface area contributed by atoms with Crippen LogP contribution in [-0.2, 0) is 32.0 Å². The molecule has 1 atom stereocenters. The maximum absolute atomic E-state index is 13.6. The molecule has 0 aliphatic heterocycles. The van der Waals surface area contributed by atoms with Gasteiger partial charge in [-0.05, 0) is 75.8 Å². The number of amides is 3. The smallest absolute Gasteiger partial charge is 0.419 e. The monoisotopic (exact) mass is 635 g/mol. The van der Waals surface area contributed by atoms with Crippen molar-refractivity contribution < 1.29 is 28.7 Å². The second-order valence-corrected chi connectivity index (χ2v) is 12.6. The molecule has 3 rings (SSSR count). The molecule has 2 aromatic heterocycles. The molecule has 46 heavy (non-hydrogen) atoms. The molecule has 0 spiro atoms. The highest BCUT2D eigenvalue weighted by Gasteiger charge is 2.25. The number of ether oxygens (including phenoxy) is 2. The molecule has 12 heteroatoms. The third-order valence-corrected chi connectivity index (χ3v) is 6.92. The number of carbonyl (C=O) groups is 4. The van der Waals surface area contributed by atoms with Gasteiger partial charge in [-0.3, -0.25) is 14.4 Å². The number of rotatable bonds is 11. The fourth-order valence-electron chi connectivity index (χ4n) is 4.84. The minimum atomic E-state index is -1.05. The Labute approximate surface area is 269 Å². The number of hydrogen-bond acceptors (Lipinski definition) is 7. The Kier molecular flexibility index (Phi) is 11.9. The van der Waals surface area contributed by atoms with Gasteiger partial charge in [0.1, 0.15) is 17.3 Å². The lowest BCUT2D eigenvalue weighted by Gasteiger charge is -2.22. The summed E-state index contributed by atoms with van der Waals surface area (Å²) in [4.78, 5) is 65.6. The Balaban J connectivity index is 1.94. The van der Waals surface area contributed by atoms with Gasteiger partial charge in [0, 0.05) is 25.7 Å². The number of aromatic nitrogens is 2. The number of pyridine rings is 1. The van der Waals surface area contributed by atoms with Crippen LogP contribution in [0.3, 0.4) is 0 Å². The first kappa shape index (κ1) is 35.6. The topological polar surface area (TPSA) is 141 Å². The van der Waals surface area contributed by atoms with Gasteiger partial charge in [0.2, 0.25) is 11.8 Å². The van der Waals surface area contributed by atoms with E-state index in [4.69, 9.17) is 4.74 Å². The van der Waals surface area contributed by atoms with E-state index in [-0.39, 0.29) is 24.6 Å². The summed E-state index contributed by atoms with van der Waals surface area (Å²) in [5, 5.41) is 5.94. The van der Waals surface area contributed by atoms with Crippen molar-refractivity contribution in [3.05, 3.63) is 76.4 Å². The van der Waals surface area contributed by atoms with Gasteiger partial charge in [-0.1, -0.05) is 38.1 Å². The summed E-state index contributed by atoms with van der Waals surface area (Å²) in [5.41, 5.74) is 0.996. The average molecular weight is 636 g/mol. The van der Waals surface area contributed by atoms with Crippen molar-refractivity contribution in [1.82, 2.24) is 19.4 Å². The molecule has 0 fully saturated rings. The molecule has 0 saturated carbocycles. The van der Waals surface area contributed by atoms with E-state index in [0.29, 0.717) is 18.0 Å². The van der Waals surface area contributed by atoms with E-state index in [2.05, 4.69) is 29.2 Å². The number of nitrogens with zero attached hydrogens (tertiary/aromatic N) is 3. The van der Waals surface area contributed by atoms with Gasteiger partial charge >= 0.3 is 12.2 Å². The van der Waals surface area contributed by atoms with E-state index in [1.165, 1.54) is 33.3 Å². The van der Waals surface area contributed by atoms with Crippen LogP contribution in [0.4, 0.5) is 15.3 Å². The summed E-state index contributed by atoms with van der Waals surface area (Å²) >= 11 is 0. The van der Waals surface area contributed by atoms with Gasteiger partial charge in [0.25, 0.3) is 5.56 Å². The molecule has 1 aromatic carbocycles. The number of allylic oxidation sites excluding steroid dienone is 1. The van der Waals surface area contributed by atoms with Gasteiger partial charge in [-0.25, -0.2) is 14.2 Å². The molecule has 0 bridgehead atoms. The van der Waals surface area contributed by atoms with Crippen molar-refractivity contribution in [2.24, 2.45) is 5.92 Å². The summed E-state index contributed by atoms with van der Waals surface area (Å²) in [6, 6.07) is 9.75.